The number of nitrogens with zero attached hydrogens (tertiary/aromatic N) is 1. The molecule has 0 aliphatic heterocycles. The number of aromatic nitrogens is 1. The molecular formula is C10H12N2O. The fraction of sp³-hybridized carbons (Fsp3) is 0.300. The van der Waals surface area contributed by atoms with Crippen LogP contribution in [0.25, 0.3) is 11.1 Å². The van der Waals surface area contributed by atoms with Crippen molar-refractivity contribution < 1.29 is 4.42 Å². The van der Waals surface area contributed by atoms with Gasteiger partial charge in [-0.1, -0.05) is 6.92 Å². The van der Waals surface area contributed by atoms with Gasteiger partial charge >= 0.3 is 0 Å². The van der Waals surface area contributed by atoms with Crippen LogP contribution in [-0.2, 0) is 0 Å². The van der Waals surface area contributed by atoms with Crippen molar-refractivity contribution >= 4 is 11.1 Å². The summed E-state index contributed by atoms with van der Waals surface area (Å²) >= 11 is 0. The van der Waals surface area contributed by atoms with Gasteiger partial charge in [0.25, 0.3) is 0 Å². The summed E-state index contributed by atoms with van der Waals surface area (Å²) in [4.78, 5) is 4.18. The molecule has 13 heavy (non-hydrogen) atoms. The maximum absolute atomic E-state index is 5.60. The van der Waals surface area contributed by atoms with Gasteiger partial charge in [0.15, 0.2) is 5.58 Å². The van der Waals surface area contributed by atoms with E-state index in [1.54, 1.807) is 12.5 Å². The third-order valence-electron chi connectivity index (χ3n) is 2.26. The number of furan rings is 1. The molecule has 2 aromatic rings. The molecule has 2 heterocycles. The molecule has 1 unspecified atom stereocenters. The first-order valence-electron chi connectivity index (χ1n) is 4.35. The molecule has 0 saturated heterocycles. The van der Waals surface area contributed by atoms with E-state index < -0.39 is 0 Å². The lowest BCUT2D eigenvalue weighted by atomic mass is 10.0. The van der Waals surface area contributed by atoms with Gasteiger partial charge in [0.1, 0.15) is 5.52 Å². The van der Waals surface area contributed by atoms with Crippen molar-refractivity contribution in [2.45, 2.75) is 12.8 Å². The average molecular weight is 176 g/mol. The van der Waals surface area contributed by atoms with E-state index >= 15 is 0 Å². The van der Waals surface area contributed by atoms with Crippen LogP contribution in [0.3, 0.4) is 0 Å². The van der Waals surface area contributed by atoms with Gasteiger partial charge in [0.2, 0.25) is 0 Å². The Bertz CT molecular complexity index is 408. The molecule has 0 aromatic carbocycles. The van der Waals surface area contributed by atoms with E-state index in [2.05, 4.69) is 11.9 Å². The highest BCUT2D eigenvalue weighted by Crippen LogP contribution is 2.23. The Morgan fingerprint density at radius 3 is 3.15 bits per heavy atom. The van der Waals surface area contributed by atoms with Crippen LogP contribution in [0.5, 0.6) is 0 Å². The van der Waals surface area contributed by atoms with Crippen molar-refractivity contribution in [1.82, 2.24) is 4.98 Å². The van der Waals surface area contributed by atoms with Crippen molar-refractivity contribution in [1.29, 1.82) is 0 Å². The molecular weight excluding hydrogens is 164 g/mol. The largest absolute Gasteiger partial charge is 0.462 e. The number of nitrogens with two attached hydrogens (primary N) is 1. The van der Waals surface area contributed by atoms with E-state index in [0.29, 0.717) is 12.5 Å². The van der Waals surface area contributed by atoms with Crippen molar-refractivity contribution in [2.75, 3.05) is 6.54 Å². The lowest BCUT2D eigenvalue weighted by molar-refractivity contribution is 0.604. The molecule has 0 saturated carbocycles. The Balaban J connectivity index is 2.60. The molecule has 0 bridgehead atoms. The molecule has 2 N–H and O–H groups in total. The highest BCUT2D eigenvalue weighted by molar-refractivity contribution is 5.76. The van der Waals surface area contributed by atoms with Gasteiger partial charge in [-0.25, -0.2) is 0 Å². The number of pyridine rings is 1. The first-order valence-corrected chi connectivity index (χ1v) is 4.35. The molecule has 2 rings (SSSR count). The van der Waals surface area contributed by atoms with E-state index in [4.69, 9.17) is 10.2 Å². The first-order chi connectivity index (χ1) is 6.33. The van der Waals surface area contributed by atoms with E-state index in [1.165, 1.54) is 0 Å². The zero-order valence-electron chi connectivity index (χ0n) is 7.53. The third-order valence-corrected chi connectivity index (χ3v) is 2.26. The molecule has 2 aromatic heterocycles. The van der Waals surface area contributed by atoms with Gasteiger partial charge in [-0.15, -0.1) is 0 Å². The highest BCUT2D eigenvalue weighted by Gasteiger charge is 2.10. The zero-order chi connectivity index (χ0) is 9.26. The van der Waals surface area contributed by atoms with Crippen molar-refractivity contribution in [3.8, 4) is 0 Å². The zero-order valence-corrected chi connectivity index (χ0v) is 7.53. The van der Waals surface area contributed by atoms with Gasteiger partial charge in [-0.2, -0.15) is 0 Å². The van der Waals surface area contributed by atoms with E-state index in [-0.39, 0.29) is 0 Å². The highest BCUT2D eigenvalue weighted by atomic mass is 16.3. The normalized spacial score (nSPS) is 13.4. The first kappa shape index (κ1) is 8.26. The predicted molar refractivity (Wildman–Crippen MR) is 51.5 cm³/mol. The minimum Gasteiger partial charge on any atom is -0.462 e. The van der Waals surface area contributed by atoms with Gasteiger partial charge in [-0.05, 0) is 18.5 Å². The summed E-state index contributed by atoms with van der Waals surface area (Å²) in [5, 5.41) is 0. The quantitative estimate of drug-likeness (QED) is 0.760. The molecule has 3 nitrogen and oxygen atoms in total. The van der Waals surface area contributed by atoms with E-state index in [0.717, 1.165) is 16.7 Å². The van der Waals surface area contributed by atoms with Crippen molar-refractivity contribution in [3.63, 3.8) is 0 Å². The van der Waals surface area contributed by atoms with Crippen molar-refractivity contribution in [3.05, 3.63) is 30.2 Å². The fourth-order valence-electron chi connectivity index (χ4n) is 1.41. The summed E-state index contributed by atoms with van der Waals surface area (Å²) in [7, 11) is 0. The maximum atomic E-state index is 5.60. The molecule has 1 atom stereocenters. The topological polar surface area (TPSA) is 52.0 Å². The van der Waals surface area contributed by atoms with Crippen LogP contribution >= 0.6 is 0 Å². The Morgan fingerprint density at radius 2 is 2.38 bits per heavy atom. The van der Waals surface area contributed by atoms with Gasteiger partial charge in [0, 0.05) is 17.8 Å². The summed E-state index contributed by atoms with van der Waals surface area (Å²) in [5.41, 5.74) is 8.50. The smallest absolute Gasteiger partial charge is 0.155 e. The van der Waals surface area contributed by atoms with Crippen LogP contribution in [0.1, 0.15) is 18.4 Å². The molecule has 0 aliphatic carbocycles. The molecule has 0 fully saturated rings. The molecule has 0 aliphatic rings. The third kappa shape index (κ3) is 1.31. The second-order valence-corrected chi connectivity index (χ2v) is 3.17. The second-order valence-electron chi connectivity index (χ2n) is 3.17. The summed E-state index contributed by atoms with van der Waals surface area (Å²) < 4.78 is 5.35. The van der Waals surface area contributed by atoms with Crippen LogP contribution in [0, 0.1) is 0 Å². The second kappa shape index (κ2) is 3.18. The van der Waals surface area contributed by atoms with Crippen LogP contribution in [0.4, 0.5) is 0 Å². The van der Waals surface area contributed by atoms with Crippen LogP contribution in [0.15, 0.2) is 29.0 Å². The SMILES string of the molecule is CC(CN)c1ccnc2ccoc12. The number of fused-ring (bicyclic) bond motifs is 1. The molecule has 0 radical (unpaired) electrons. The van der Waals surface area contributed by atoms with Gasteiger partial charge in [0.05, 0.1) is 6.26 Å². The molecule has 0 spiro atoms. The van der Waals surface area contributed by atoms with E-state index in [9.17, 15) is 0 Å². The Kier molecular flexibility index (Phi) is 2.02. The lowest BCUT2D eigenvalue weighted by Gasteiger charge is -2.07. The minimum absolute atomic E-state index is 0.316. The minimum atomic E-state index is 0.316. The Hall–Kier alpha value is -1.35. The number of hydrogen-bond acceptors (Lipinski definition) is 3. The van der Waals surface area contributed by atoms with Crippen LogP contribution in [-0.4, -0.2) is 11.5 Å². The average Bonchev–Trinajstić information content (AvgIpc) is 2.63. The van der Waals surface area contributed by atoms with Crippen LogP contribution < -0.4 is 5.73 Å². The van der Waals surface area contributed by atoms with Gasteiger partial charge in [-0.3, -0.25) is 4.98 Å². The predicted octanol–water partition coefficient (Wildman–Crippen LogP) is 1.89. The lowest BCUT2D eigenvalue weighted by Crippen LogP contribution is -2.09. The van der Waals surface area contributed by atoms with Crippen LogP contribution in [0.2, 0.25) is 0 Å². The summed E-state index contributed by atoms with van der Waals surface area (Å²) in [6.07, 6.45) is 3.45. The molecule has 3 heteroatoms. The fourth-order valence-corrected chi connectivity index (χ4v) is 1.41. The number of hydrogen-bond donors (Lipinski definition) is 1. The Labute approximate surface area is 76.6 Å². The Morgan fingerprint density at radius 1 is 1.54 bits per heavy atom. The number of rotatable bonds is 2. The summed E-state index contributed by atoms with van der Waals surface area (Å²) in [5.74, 6) is 0.316. The van der Waals surface area contributed by atoms with Crippen molar-refractivity contribution in [2.24, 2.45) is 5.73 Å². The monoisotopic (exact) mass is 176 g/mol. The standard InChI is InChI=1S/C10H12N2O/c1-7(6-11)8-2-4-12-9-3-5-13-10(8)9/h2-5,7H,6,11H2,1H3. The van der Waals surface area contributed by atoms with Gasteiger partial charge < -0.3 is 10.2 Å². The summed E-state index contributed by atoms with van der Waals surface area (Å²) in [6.45, 7) is 2.71. The molecule has 0 amide bonds. The summed E-state index contributed by atoms with van der Waals surface area (Å²) in [6, 6.07) is 3.82. The maximum Gasteiger partial charge on any atom is 0.155 e. The van der Waals surface area contributed by atoms with E-state index in [1.807, 2.05) is 12.1 Å². The molecule has 68 valence electrons.